The van der Waals surface area contributed by atoms with Crippen molar-refractivity contribution in [2.45, 2.75) is 64.3 Å². The molecule has 0 heterocycles. The van der Waals surface area contributed by atoms with Crippen molar-refractivity contribution in [3.05, 3.63) is 35.6 Å². The molecule has 0 radical (unpaired) electrons. The zero-order valence-corrected chi connectivity index (χ0v) is 15.7. The van der Waals surface area contributed by atoms with Gasteiger partial charge in [0.25, 0.3) is 0 Å². The molecule has 2 unspecified atom stereocenters. The van der Waals surface area contributed by atoms with Gasteiger partial charge in [0.15, 0.2) is 5.78 Å². The first-order valence-electron chi connectivity index (χ1n) is 8.54. The van der Waals surface area contributed by atoms with Crippen LogP contribution in [0.1, 0.15) is 52.9 Å². The highest BCUT2D eigenvalue weighted by Crippen LogP contribution is 2.28. The van der Waals surface area contributed by atoms with Gasteiger partial charge in [-0.1, -0.05) is 19.9 Å². The standard InChI is InChI=1S/C19H29ClN2O2/c1-5-6-15(8-9-16(12(2)3)13(4)23)22-19(24)17-11-14(21)7-10-18(17)20/h8-9,14,17-18H,2,5-7,10-11,21H2,1,3-4H3,(H,22,24)/b15-8+,16-9+/t14?,17?,18-/m1/s1. The van der Waals surface area contributed by atoms with E-state index in [1.165, 1.54) is 6.92 Å². The summed E-state index contributed by atoms with van der Waals surface area (Å²) in [5.74, 6) is -0.397. The molecule has 3 N–H and O–H groups in total. The number of alkyl halides is 1. The third kappa shape index (κ3) is 6.25. The maximum absolute atomic E-state index is 12.6. The maximum Gasteiger partial charge on any atom is 0.228 e. The third-order valence-corrected chi connectivity index (χ3v) is 4.76. The molecule has 1 rings (SSSR count). The Bertz CT molecular complexity index is 536. The first-order chi connectivity index (χ1) is 11.3. The van der Waals surface area contributed by atoms with Crippen LogP contribution in [0, 0.1) is 5.92 Å². The molecule has 5 heteroatoms. The van der Waals surface area contributed by atoms with Crippen LogP contribution >= 0.6 is 11.6 Å². The quantitative estimate of drug-likeness (QED) is 0.417. The van der Waals surface area contributed by atoms with E-state index in [0.29, 0.717) is 17.6 Å². The van der Waals surface area contributed by atoms with Gasteiger partial charge in [-0.2, -0.15) is 0 Å². The molecule has 0 aliphatic heterocycles. The van der Waals surface area contributed by atoms with Gasteiger partial charge in [0.05, 0.1) is 5.92 Å². The molecule has 134 valence electrons. The smallest absolute Gasteiger partial charge is 0.228 e. The average Bonchev–Trinajstić information content (AvgIpc) is 2.49. The van der Waals surface area contributed by atoms with E-state index in [-0.39, 0.29) is 29.0 Å². The SMILES string of the molecule is C=C(C)/C(=C\C=C(/CCC)NC(=O)C1CC(N)CC[C@H]1Cl)C(C)=O. The molecule has 0 bridgehead atoms. The predicted molar refractivity (Wildman–Crippen MR) is 99.7 cm³/mol. The number of halogens is 1. The summed E-state index contributed by atoms with van der Waals surface area (Å²) in [6.45, 7) is 9.15. The number of nitrogens with two attached hydrogens (primary N) is 1. The van der Waals surface area contributed by atoms with Crippen LogP contribution in [-0.2, 0) is 9.59 Å². The number of allylic oxidation sites excluding steroid dienone is 5. The van der Waals surface area contributed by atoms with E-state index >= 15 is 0 Å². The molecule has 0 aromatic rings. The fourth-order valence-corrected chi connectivity index (χ4v) is 3.23. The van der Waals surface area contributed by atoms with Crippen molar-refractivity contribution >= 4 is 23.3 Å². The molecule has 1 aliphatic rings. The van der Waals surface area contributed by atoms with Crippen LogP contribution in [0.5, 0.6) is 0 Å². The zero-order chi connectivity index (χ0) is 18.3. The summed E-state index contributed by atoms with van der Waals surface area (Å²) in [5.41, 5.74) is 8.02. The van der Waals surface area contributed by atoms with Gasteiger partial charge in [0, 0.05) is 22.7 Å². The summed E-state index contributed by atoms with van der Waals surface area (Å²) < 4.78 is 0. The van der Waals surface area contributed by atoms with Crippen molar-refractivity contribution in [2.75, 3.05) is 0 Å². The monoisotopic (exact) mass is 352 g/mol. The molecule has 1 aliphatic carbocycles. The molecule has 1 fully saturated rings. The lowest BCUT2D eigenvalue weighted by Gasteiger charge is -2.30. The van der Waals surface area contributed by atoms with E-state index in [1.807, 2.05) is 6.92 Å². The van der Waals surface area contributed by atoms with Crippen molar-refractivity contribution in [2.24, 2.45) is 11.7 Å². The molecular formula is C19H29ClN2O2. The molecule has 3 atom stereocenters. The predicted octanol–water partition coefficient (Wildman–Crippen LogP) is 3.61. The van der Waals surface area contributed by atoms with Gasteiger partial charge in [-0.05, 0) is 57.3 Å². The highest BCUT2D eigenvalue weighted by atomic mass is 35.5. The molecule has 1 saturated carbocycles. The van der Waals surface area contributed by atoms with Crippen molar-refractivity contribution in [3.8, 4) is 0 Å². The van der Waals surface area contributed by atoms with Crippen LogP contribution in [0.3, 0.4) is 0 Å². The van der Waals surface area contributed by atoms with E-state index in [4.69, 9.17) is 17.3 Å². The van der Waals surface area contributed by atoms with Crippen LogP contribution in [-0.4, -0.2) is 23.1 Å². The number of Topliss-reactive ketones (excluding diaryl/α,β-unsaturated/α-hetero) is 1. The number of hydrogen-bond donors (Lipinski definition) is 2. The first-order valence-corrected chi connectivity index (χ1v) is 8.98. The Morgan fingerprint density at radius 3 is 2.50 bits per heavy atom. The summed E-state index contributed by atoms with van der Waals surface area (Å²) in [5, 5.41) is 2.79. The Morgan fingerprint density at radius 2 is 1.96 bits per heavy atom. The van der Waals surface area contributed by atoms with E-state index in [2.05, 4.69) is 11.9 Å². The molecule has 0 saturated heterocycles. The highest BCUT2D eigenvalue weighted by Gasteiger charge is 2.32. The van der Waals surface area contributed by atoms with Crippen molar-refractivity contribution in [1.82, 2.24) is 5.32 Å². The summed E-state index contributed by atoms with van der Waals surface area (Å²) in [4.78, 5) is 24.2. The van der Waals surface area contributed by atoms with Crippen LogP contribution < -0.4 is 11.1 Å². The van der Waals surface area contributed by atoms with Crippen molar-refractivity contribution in [1.29, 1.82) is 0 Å². The minimum absolute atomic E-state index is 0.0296. The minimum Gasteiger partial charge on any atom is -0.330 e. The Morgan fingerprint density at radius 1 is 1.29 bits per heavy atom. The van der Waals surface area contributed by atoms with Crippen molar-refractivity contribution < 1.29 is 9.59 Å². The molecule has 0 aromatic carbocycles. The van der Waals surface area contributed by atoms with Gasteiger partial charge < -0.3 is 11.1 Å². The lowest BCUT2D eigenvalue weighted by molar-refractivity contribution is -0.125. The third-order valence-electron chi connectivity index (χ3n) is 4.24. The number of rotatable bonds is 7. The molecule has 0 aromatic heterocycles. The fourth-order valence-electron chi connectivity index (χ4n) is 2.89. The minimum atomic E-state index is -0.270. The van der Waals surface area contributed by atoms with Crippen LogP contribution in [0.2, 0.25) is 0 Å². The van der Waals surface area contributed by atoms with Gasteiger partial charge in [-0.25, -0.2) is 0 Å². The normalized spacial score (nSPS) is 25.3. The average molecular weight is 353 g/mol. The largest absolute Gasteiger partial charge is 0.330 e. The highest BCUT2D eigenvalue weighted by molar-refractivity contribution is 6.22. The Hall–Kier alpha value is -1.39. The molecule has 0 spiro atoms. The molecule has 4 nitrogen and oxygen atoms in total. The second-order valence-corrected chi connectivity index (χ2v) is 7.10. The Kier molecular flexibility index (Phi) is 8.43. The van der Waals surface area contributed by atoms with E-state index in [1.54, 1.807) is 19.1 Å². The molecule has 24 heavy (non-hydrogen) atoms. The fraction of sp³-hybridized carbons (Fsp3) is 0.579. The number of carbonyl (C=O) groups excluding carboxylic acids is 2. The number of nitrogens with one attached hydrogen (secondary N) is 1. The summed E-state index contributed by atoms with van der Waals surface area (Å²) in [6, 6.07) is 0.0296. The number of amides is 1. The van der Waals surface area contributed by atoms with Gasteiger partial charge >= 0.3 is 0 Å². The van der Waals surface area contributed by atoms with E-state index in [9.17, 15) is 9.59 Å². The van der Waals surface area contributed by atoms with Gasteiger partial charge in [0.1, 0.15) is 0 Å². The van der Waals surface area contributed by atoms with Crippen LogP contribution in [0.25, 0.3) is 0 Å². The van der Waals surface area contributed by atoms with Gasteiger partial charge in [-0.3, -0.25) is 9.59 Å². The molecular weight excluding hydrogens is 324 g/mol. The Balaban J connectivity index is 2.90. The van der Waals surface area contributed by atoms with E-state index in [0.717, 1.165) is 31.4 Å². The number of hydrogen-bond acceptors (Lipinski definition) is 3. The molecule has 1 amide bonds. The zero-order valence-electron chi connectivity index (χ0n) is 14.9. The number of carbonyl (C=O) groups is 2. The van der Waals surface area contributed by atoms with Gasteiger partial charge in [0.2, 0.25) is 5.91 Å². The Labute approximate surface area is 150 Å². The lowest BCUT2D eigenvalue weighted by Crippen LogP contribution is -2.42. The second-order valence-electron chi connectivity index (χ2n) is 6.54. The summed E-state index contributed by atoms with van der Waals surface area (Å²) >= 11 is 6.31. The van der Waals surface area contributed by atoms with E-state index < -0.39 is 0 Å². The van der Waals surface area contributed by atoms with Crippen LogP contribution in [0.15, 0.2) is 35.6 Å². The maximum atomic E-state index is 12.6. The summed E-state index contributed by atoms with van der Waals surface area (Å²) in [7, 11) is 0. The van der Waals surface area contributed by atoms with Crippen LogP contribution in [0.4, 0.5) is 0 Å². The topological polar surface area (TPSA) is 72.2 Å². The second kappa shape index (κ2) is 9.80. The van der Waals surface area contributed by atoms with Gasteiger partial charge in [-0.15, -0.1) is 11.6 Å². The lowest BCUT2D eigenvalue weighted by atomic mass is 9.85. The number of ketones is 1. The first kappa shape index (κ1) is 20.7. The van der Waals surface area contributed by atoms with Crippen molar-refractivity contribution in [3.63, 3.8) is 0 Å². The summed E-state index contributed by atoms with van der Waals surface area (Å²) in [6.07, 6.45) is 7.35.